The van der Waals surface area contributed by atoms with Gasteiger partial charge in [0, 0.05) is 50.5 Å². The van der Waals surface area contributed by atoms with Gasteiger partial charge in [-0.2, -0.15) is 0 Å². The van der Waals surface area contributed by atoms with E-state index in [0.717, 1.165) is 17.0 Å². The van der Waals surface area contributed by atoms with Crippen LogP contribution in [0.3, 0.4) is 0 Å². The van der Waals surface area contributed by atoms with E-state index >= 15 is 0 Å². The van der Waals surface area contributed by atoms with E-state index in [2.05, 4.69) is 37.0 Å². The lowest BCUT2D eigenvalue weighted by molar-refractivity contribution is -0.149. The fourth-order valence-electron chi connectivity index (χ4n) is 7.16. The summed E-state index contributed by atoms with van der Waals surface area (Å²) in [6, 6.07) is 14.7. The number of nitrogens with zero attached hydrogens (tertiary/aromatic N) is 1. The van der Waals surface area contributed by atoms with E-state index < -0.39 is 127 Å². The molecule has 1 aromatic heterocycles. The molecule has 0 aliphatic carbocycles. The van der Waals surface area contributed by atoms with Crippen molar-refractivity contribution in [1.29, 1.82) is 0 Å². The van der Waals surface area contributed by atoms with E-state index in [4.69, 9.17) is 10.9 Å². The zero-order chi connectivity index (χ0) is 53.6. The molecule has 0 fully saturated rings. The van der Waals surface area contributed by atoms with Gasteiger partial charge in [-0.3, -0.25) is 38.4 Å². The Hall–Kier alpha value is -9.00. The van der Waals surface area contributed by atoms with Gasteiger partial charge in [-0.1, -0.05) is 54.6 Å². The molecule has 0 aliphatic heterocycles. The van der Waals surface area contributed by atoms with Gasteiger partial charge >= 0.3 is 35.9 Å². The number of carboxylic acid groups (broad SMARTS) is 5. The van der Waals surface area contributed by atoms with Crippen LogP contribution in [-0.4, -0.2) is 127 Å². The highest BCUT2D eigenvalue weighted by Gasteiger charge is 2.33. The number of hydrogen-bond acceptors (Lipinski definition) is 14. The van der Waals surface area contributed by atoms with E-state index in [1.54, 1.807) is 6.07 Å². The molecular weight excluding hydrogens is 959 g/mol. The number of carbonyl (C=O) groups excluding carboxylic acids is 6. The molecule has 6 amide bonds. The van der Waals surface area contributed by atoms with Gasteiger partial charge in [0.15, 0.2) is 5.78 Å². The Morgan fingerprint density at radius 2 is 1.12 bits per heavy atom. The fraction of sp³-hybridized carbons (Fsp3) is 0.333. The highest BCUT2D eigenvalue weighted by atomic mass is 16.4. The average Bonchev–Trinajstić information content (AvgIpc) is 3.36. The number of ketones is 1. The van der Waals surface area contributed by atoms with Crippen LogP contribution < -0.4 is 43.2 Å². The van der Waals surface area contributed by atoms with Gasteiger partial charge in [0.1, 0.15) is 29.9 Å². The molecule has 4 aromatic rings. The third-order valence-corrected chi connectivity index (χ3v) is 11.2. The Labute approximate surface area is 415 Å². The smallest absolute Gasteiger partial charge is 0.326 e. The van der Waals surface area contributed by atoms with E-state index in [-0.39, 0.29) is 55.7 Å². The molecule has 14 N–H and O–H groups in total. The number of carbonyl (C=O) groups is 11. The van der Waals surface area contributed by atoms with Crippen molar-refractivity contribution in [3.8, 4) is 0 Å². The number of urea groups is 1. The van der Waals surface area contributed by atoms with Crippen molar-refractivity contribution in [1.82, 2.24) is 36.9 Å². The molecule has 5 atom stereocenters. The molecule has 25 nitrogen and oxygen atoms in total. The van der Waals surface area contributed by atoms with Crippen LogP contribution in [0.25, 0.3) is 10.8 Å². The van der Waals surface area contributed by atoms with Crippen molar-refractivity contribution in [3.63, 3.8) is 0 Å². The first kappa shape index (κ1) is 56.6. The van der Waals surface area contributed by atoms with Gasteiger partial charge in [0.25, 0.3) is 11.8 Å². The summed E-state index contributed by atoms with van der Waals surface area (Å²) in [6.07, 6.45) is -1.39. The van der Waals surface area contributed by atoms with Crippen molar-refractivity contribution in [2.75, 3.05) is 12.0 Å². The van der Waals surface area contributed by atoms with Gasteiger partial charge < -0.3 is 62.9 Å². The largest absolute Gasteiger partial charge is 0.481 e. The number of aromatic nitrogens is 1. The maximum Gasteiger partial charge on any atom is 0.326 e. The Bertz CT molecular complexity index is 2660. The third-order valence-electron chi connectivity index (χ3n) is 11.2. The summed E-state index contributed by atoms with van der Waals surface area (Å²) in [4.78, 5) is 140. The van der Waals surface area contributed by atoms with Gasteiger partial charge in [-0.05, 0) is 78.3 Å². The fourth-order valence-corrected chi connectivity index (χ4v) is 7.16. The second kappa shape index (κ2) is 28.0. The molecule has 0 saturated heterocycles. The molecular formula is C48H55N9O16. The summed E-state index contributed by atoms with van der Waals surface area (Å²) < 4.78 is 0. The number of hydrazine groups is 1. The van der Waals surface area contributed by atoms with Crippen LogP contribution in [0, 0.1) is 5.92 Å². The monoisotopic (exact) mass is 1010 g/mol. The summed E-state index contributed by atoms with van der Waals surface area (Å²) in [5.74, 6) is -7.61. The van der Waals surface area contributed by atoms with Gasteiger partial charge in [0.2, 0.25) is 11.8 Å². The van der Waals surface area contributed by atoms with Gasteiger partial charge in [0.05, 0.1) is 11.6 Å². The lowest BCUT2D eigenvalue weighted by Crippen LogP contribution is -2.51. The van der Waals surface area contributed by atoms with Crippen LogP contribution in [-0.2, 0) is 51.3 Å². The molecule has 73 heavy (non-hydrogen) atoms. The second-order valence-corrected chi connectivity index (χ2v) is 16.5. The summed E-state index contributed by atoms with van der Waals surface area (Å²) in [5.41, 5.74) is 3.48. The Kier molecular flexibility index (Phi) is 21.7. The quantitative estimate of drug-likeness (QED) is 0.0151. The Balaban J connectivity index is 1.36. The number of nitrogens with one attached hydrogen (secondary N) is 7. The zero-order valence-corrected chi connectivity index (χ0v) is 39.0. The van der Waals surface area contributed by atoms with Crippen molar-refractivity contribution in [2.45, 2.75) is 88.5 Å². The van der Waals surface area contributed by atoms with E-state index in [1.165, 1.54) is 36.4 Å². The van der Waals surface area contributed by atoms with E-state index in [1.807, 2.05) is 41.7 Å². The van der Waals surface area contributed by atoms with Gasteiger partial charge in [-0.15, -0.1) is 0 Å². The summed E-state index contributed by atoms with van der Waals surface area (Å²) in [7, 11) is 0. The SMILES string of the molecule is NNc1ccc(C(=O)NC(CCC(=O)O)C(=O)CC(C(=O)O)C(=O)NCc2ccc(C(=O)NC(Cc3ccc4ccccc4c3)C(=O)NCCCCC(NC(=O)NC(CCC(=O)O)C(=O)O)C(=O)O)cc2)cn1. The number of pyridine rings is 1. The van der Waals surface area contributed by atoms with Crippen molar-refractivity contribution in [2.24, 2.45) is 11.8 Å². The number of carboxylic acids is 5. The Morgan fingerprint density at radius 3 is 1.71 bits per heavy atom. The molecule has 25 heteroatoms. The van der Waals surface area contributed by atoms with Crippen LogP contribution in [0.4, 0.5) is 10.6 Å². The number of nitrogens with two attached hydrogens (primary N) is 1. The topological polar surface area (TPSA) is 412 Å². The number of amides is 6. The number of aliphatic carboxylic acids is 5. The zero-order valence-electron chi connectivity index (χ0n) is 39.0. The van der Waals surface area contributed by atoms with Crippen LogP contribution in [0.5, 0.6) is 0 Å². The first-order chi connectivity index (χ1) is 34.7. The number of nitrogen functional groups attached to an aromatic ring is 1. The molecule has 1 heterocycles. The lowest BCUT2D eigenvalue weighted by Gasteiger charge is -2.20. The molecule has 0 saturated carbocycles. The van der Waals surface area contributed by atoms with E-state index in [0.29, 0.717) is 11.1 Å². The first-order valence-corrected chi connectivity index (χ1v) is 22.6. The first-order valence-electron chi connectivity index (χ1n) is 22.6. The average molecular weight is 1010 g/mol. The van der Waals surface area contributed by atoms with Crippen LogP contribution in [0.15, 0.2) is 85.1 Å². The minimum atomic E-state index is -1.93. The predicted molar refractivity (Wildman–Crippen MR) is 256 cm³/mol. The molecule has 0 aliphatic rings. The maximum atomic E-state index is 13.7. The van der Waals surface area contributed by atoms with Gasteiger partial charge in [-0.25, -0.2) is 25.2 Å². The highest BCUT2D eigenvalue weighted by Crippen LogP contribution is 2.18. The lowest BCUT2D eigenvalue weighted by atomic mass is 9.95. The van der Waals surface area contributed by atoms with Crippen molar-refractivity contribution >= 4 is 81.9 Å². The standard InChI is InChI=1S/C48H55N9O16/c49-57-38-17-14-31(25-51-38)42(64)53-33(15-18-39(59)60)37(58)23-32(45(67)68)43(65)52-24-26-8-12-29(13-9-26)41(63)54-36(22-27-10-11-28-5-1-2-6-30(28)21-27)44(66)50-20-4-3-7-34(46(69)70)55-48(73)56-35(47(71)72)16-19-40(61)62/h1-2,5-6,8-14,17,21,25,32-36H,3-4,7,15-16,18-20,22-24,49H2,(H,50,66)(H,51,57)(H,52,65)(H,53,64)(H,54,63)(H,59,60)(H,61,62)(H,67,68)(H,69,70)(H,71,72)(H2,55,56,73). The summed E-state index contributed by atoms with van der Waals surface area (Å²) in [5, 5.41) is 63.2. The van der Waals surface area contributed by atoms with Crippen LogP contribution >= 0.6 is 0 Å². The number of fused-ring (bicyclic) bond motifs is 1. The Morgan fingerprint density at radius 1 is 0.548 bits per heavy atom. The number of unbranched alkanes of at least 4 members (excludes halogenated alkanes) is 1. The number of benzene rings is 3. The summed E-state index contributed by atoms with van der Waals surface area (Å²) >= 11 is 0. The molecule has 0 radical (unpaired) electrons. The van der Waals surface area contributed by atoms with Crippen LogP contribution in [0.2, 0.25) is 0 Å². The number of rotatable bonds is 30. The number of anilines is 1. The maximum absolute atomic E-state index is 13.7. The molecule has 4 rings (SSSR count). The van der Waals surface area contributed by atoms with E-state index in [9.17, 15) is 73.2 Å². The number of hydrogen-bond donors (Lipinski definition) is 13. The number of Topliss-reactive ketones (excluding diaryl/α,β-unsaturated/α-hetero) is 1. The highest BCUT2D eigenvalue weighted by molar-refractivity contribution is 6.03. The summed E-state index contributed by atoms with van der Waals surface area (Å²) in [6.45, 7) is -0.222. The minimum absolute atomic E-state index is 0.0124. The molecule has 0 bridgehead atoms. The van der Waals surface area contributed by atoms with Crippen molar-refractivity contribution in [3.05, 3.63) is 107 Å². The second-order valence-electron chi connectivity index (χ2n) is 16.5. The molecule has 388 valence electrons. The van der Waals surface area contributed by atoms with Crippen molar-refractivity contribution < 1.29 is 78.3 Å². The molecule has 5 unspecified atom stereocenters. The normalized spacial score (nSPS) is 12.8. The van der Waals surface area contributed by atoms with Crippen LogP contribution in [0.1, 0.15) is 83.2 Å². The predicted octanol–water partition coefficient (Wildman–Crippen LogP) is 1.16. The molecule has 3 aromatic carbocycles. The third kappa shape index (κ3) is 18.7. The molecule has 0 spiro atoms. The minimum Gasteiger partial charge on any atom is -0.481 e.